The molecule has 4 nitrogen and oxygen atoms in total. The van der Waals surface area contributed by atoms with Crippen molar-refractivity contribution in [2.24, 2.45) is 0 Å². The second-order valence-corrected chi connectivity index (χ2v) is 4.02. The second kappa shape index (κ2) is 4.83. The van der Waals surface area contributed by atoms with Crippen molar-refractivity contribution in [3.8, 4) is 0 Å². The van der Waals surface area contributed by atoms with Crippen molar-refractivity contribution in [2.75, 3.05) is 0 Å². The molecule has 1 atom stereocenters. The van der Waals surface area contributed by atoms with Gasteiger partial charge in [-0.2, -0.15) is 13.2 Å². The number of aromatic amines is 1. The van der Waals surface area contributed by atoms with E-state index in [-0.39, 0.29) is 5.92 Å². The zero-order chi connectivity index (χ0) is 14.0. The number of carbonyl (C=O) groups excluding carboxylic acids is 1. The maximum atomic E-state index is 12.3. The number of hydrogen-bond donors (Lipinski definition) is 1. The molecule has 0 spiro atoms. The van der Waals surface area contributed by atoms with Gasteiger partial charge in [0.1, 0.15) is 0 Å². The summed E-state index contributed by atoms with van der Waals surface area (Å²) in [5, 5.41) is 0. The topological polar surface area (TPSA) is 58.6 Å². The van der Waals surface area contributed by atoms with Gasteiger partial charge in [-0.1, -0.05) is 6.92 Å². The molecule has 2 aromatic rings. The lowest BCUT2D eigenvalue weighted by Crippen LogP contribution is -2.24. The van der Waals surface area contributed by atoms with E-state index in [4.69, 9.17) is 0 Å². The van der Waals surface area contributed by atoms with E-state index in [0.29, 0.717) is 5.69 Å². The highest BCUT2D eigenvalue weighted by molar-refractivity contribution is 5.97. The van der Waals surface area contributed by atoms with Gasteiger partial charge in [0.25, 0.3) is 0 Å². The summed E-state index contributed by atoms with van der Waals surface area (Å²) in [6.45, 7) is 1.80. The molecule has 0 aromatic carbocycles. The number of hydrogen-bond acceptors (Lipinski definition) is 3. The Hall–Kier alpha value is -2.18. The van der Waals surface area contributed by atoms with Crippen LogP contribution in [0.1, 0.15) is 34.7 Å². The standard InChI is InChI=1S/C12H10F3N3O/c1-7(8-2-4-16-5-3-8)9-6-17-11(18-9)10(19)12(13,14)15/h2-7H,1H3,(H,17,18)/t7-/m0/s1. The molecule has 7 heteroatoms. The first-order chi connectivity index (χ1) is 8.89. The Balaban J connectivity index is 2.25. The molecular weight excluding hydrogens is 259 g/mol. The second-order valence-electron chi connectivity index (χ2n) is 4.02. The number of carbonyl (C=O) groups is 1. The number of rotatable bonds is 3. The molecule has 0 saturated heterocycles. The number of nitrogens with one attached hydrogen (secondary N) is 1. The van der Waals surface area contributed by atoms with E-state index >= 15 is 0 Å². The summed E-state index contributed by atoms with van der Waals surface area (Å²) in [6, 6.07) is 3.49. The van der Waals surface area contributed by atoms with E-state index in [1.54, 1.807) is 31.5 Å². The van der Waals surface area contributed by atoms with Gasteiger partial charge in [-0.25, -0.2) is 4.98 Å². The molecule has 0 aliphatic rings. The summed E-state index contributed by atoms with van der Waals surface area (Å²) in [7, 11) is 0. The lowest BCUT2D eigenvalue weighted by Gasteiger charge is -2.08. The largest absolute Gasteiger partial charge is 0.458 e. The van der Waals surface area contributed by atoms with Crippen molar-refractivity contribution in [3.05, 3.63) is 47.8 Å². The molecule has 2 aromatic heterocycles. The molecule has 2 heterocycles. The highest BCUT2D eigenvalue weighted by atomic mass is 19.4. The average Bonchev–Trinajstić information content (AvgIpc) is 2.86. The minimum atomic E-state index is -4.92. The Morgan fingerprint density at radius 2 is 1.95 bits per heavy atom. The predicted molar refractivity (Wildman–Crippen MR) is 60.7 cm³/mol. The van der Waals surface area contributed by atoms with Crippen molar-refractivity contribution in [1.82, 2.24) is 15.0 Å². The van der Waals surface area contributed by atoms with Crippen LogP contribution < -0.4 is 0 Å². The Kier molecular flexibility index (Phi) is 3.37. The van der Waals surface area contributed by atoms with E-state index in [1.807, 2.05) is 0 Å². The first-order valence-corrected chi connectivity index (χ1v) is 5.46. The van der Waals surface area contributed by atoms with Crippen LogP contribution in [0, 0.1) is 0 Å². The lowest BCUT2D eigenvalue weighted by atomic mass is 10.00. The number of nitrogens with zero attached hydrogens (tertiary/aromatic N) is 2. The van der Waals surface area contributed by atoms with Gasteiger partial charge in [-0.3, -0.25) is 9.78 Å². The first-order valence-electron chi connectivity index (χ1n) is 5.46. The van der Waals surface area contributed by atoms with Crippen molar-refractivity contribution in [3.63, 3.8) is 0 Å². The van der Waals surface area contributed by atoms with Gasteiger partial charge in [0.2, 0.25) is 0 Å². The Bertz CT molecular complexity index is 577. The summed E-state index contributed by atoms with van der Waals surface area (Å²) >= 11 is 0. The van der Waals surface area contributed by atoms with Gasteiger partial charge in [0.15, 0.2) is 5.82 Å². The van der Waals surface area contributed by atoms with E-state index in [0.717, 1.165) is 5.56 Å². The summed E-state index contributed by atoms with van der Waals surface area (Å²) in [6.07, 6.45) is -0.507. The molecule has 1 N–H and O–H groups in total. The molecule has 0 bridgehead atoms. The first kappa shape index (κ1) is 13.3. The van der Waals surface area contributed by atoms with E-state index in [9.17, 15) is 18.0 Å². The van der Waals surface area contributed by atoms with Gasteiger partial charge in [-0.05, 0) is 17.7 Å². The van der Waals surface area contributed by atoms with Crippen LogP contribution >= 0.6 is 0 Å². The van der Waals surface area contributed by atoms with Crippen LogP contribution in [0.25, 0.3) is 0 Å². The highest BCUT2D eigenvalue weighted by Crippen LogP contribution is 2.24. The highest BCUT2D eigenvalue weighted by Gasteiger charge is 2.41. The summed E-state index contributed by atoms with van der Waals surface area (Å²) in [5.41, 5.74) is 1.31. The molecular formula is C12H10F3N3O. The summed E-state index contributed by atoms with van der Waals surface area (Å²) in [5.74, 6) is -2.87. The quantitative estimate of drug-likeness (QED) is 0.871. The molecule has 0 amide bonds. The van der Waals surface area contributed by atoms with Crippen molar-refractivity contribution >= 4 is 5.78 Å². The van der Waals surface area contributed by atoms with E-state index in [1.165, 1.54) is 6.20 Å². The third-order valence-corrected chi connectivity index (χ3v) is 2.74. The molecule has 0 radical (unpaired) electrons. The molecule has 0 saturated carbocycles. The van der Waals surface area contributed by atoms with Crippen molar-refractivity contribution in [2.45, 2.75) is 19.0 Å². The Labute approximate surface area is 106 Å². The number of aromatic nitrogens is 3. The fourth-order valence-electron chi connectivity index (χ4n) is 1.64. The number of pyridine rings is 1. The number of Topliss-reactive ketones (excluding diaryl/α,β-unsaturated/α-hetero) is 1. The molecule has 0 unspecified atom stereocenters. The van der Waals surface area contributed by atoms with Crippen molar-refractivity contribution in [1.29, 1.82) is 0 Å². The fourth-order valence-corrected chi connectivity index (χ4v) is 1.64. The molecule has 0 aliphatic carbocycles. The molecule has 2 rings (SSSR count). The molecule has 19 heavy (non-hydrogen) atoms. The Morgan fingerprint density at radius 1 is 1.32 bits per heavy atom. The van der Waals surface area contributed by atoms with E-state index in [2.05, 4.69) is 15.0 Å². The lowest BCUT2D eigenvalue weighted by molar-refractivity contribution is -0.0891. The SMILES string of the molecule is C[C@@H](c1ccncc1)c1cnc(C(=O)C(F)(F)F)[nH]1. The minimum absolute atomic E-state index is 0.203. The monoisotopic (exact) mass is 269 g/mol. The number of alkyl halides is 3. The normalized spacial score (nSPS) is 13.3. The van der Waals surface area contributed by atoms with Gasteiger partial charge in [-0.15, -0.1) is 0 Å². The van der Waals surface area contributed by atoms with Crippen LogP contribution in [0.5, 0.6) is 0 Å². The maximum Gasteiger partial charge on any atom is 0.458 e. The van der Waals surface area contributed by atoms with E-state index < -0.39 is 17.8 Å². The van der Waals surface area contributed by atoms with Crippen molar-refractivity contribution < 1.29 is 18.0 Å². The van der Waals surface area contributed by atoms with Gasteiger partial charge < -0.3 is 4.98 Å². The van der Waals surface area contributed by atoms with Crippen LogP contribution in [-0.2, 0) is 0 Å². The molecule has 0 aliphatic heterocycles. The van der Waals surface area contributed by atoms with Gasteiger partial charge in [0.05, 0.1) is 0 Å². The third kappa shape index (κ3) is 2.81. The molecule has 0 fully saturated rings. The maximum absolute atomic E-state index is 12.3. The number of halogens is 3. The average molecular weight is 269 g/mol. The van der Waals surface area contributed by atoms with Crippen LogP contribution in [0.3, 0.4) is 0 Å². The molecule has 100 valence electrons. The van der Waals surface area contributed by atoms with Gasteiger partial charge >= 0.3 is 12.0 Å². The van der Waals surface area contributed by atoms with Crippen LogP contribution in [0.4, 0.5) is 13.2 Å². The van der Waals surface area contributed by atoms with Crippen LogP contribution in [-0.4, -0.2) is 26.9 Å². The third-order valence-electron chi connectivity index (χ3n) is 2.74. The van der Waals surface area contributed by atoms with Crippen LogP contribution in [0.2, 0.25) is 0 Å². The number of ketones is 1. The fraction of sp³-hybridized carbons (Fsp3) is 0.250. The summed E-state index contributed by atoms with van der Waals surface area (Å²) in [4.78, 5) is 20.8. The number of H-pyrrole nitrogens is 1. The minimum Gasteiger partial charge on any atom is -0.339 e. The zero-order valence-electron chi connectivity index (χ0n) is 9.90. The smallest absolute Gasteiger partial charge is 0.339 e. The predicted octanol–water partition coefficient (Wildman–Crippen LogP) is 2.70. The zero-order valence-corrected chi connectivity index (χ0v) is 9.90. The van der Waals surface area contributed by atoms with Gasteiger partial charge in [0, 0.05) is 30.2 Å². The number of imidazole rings is 1. The summed E-state index contributed by atoms with van der Waals surface area (Å²) < 4.78 is 36.8. The Morgan fingerprint density at radius 3 is 2.53 bits per heavy atom. The van der Waals surface area contributed by atoms with Crippen LogP contribution in [0.15, 0.2) is 30.7 Å².